The number of hydrogen-bond acceptors (Lipinski definition) is 4. The Morgan fingerprint density at radius 3 is 2.41 bits per heavy atom. The Morgan fingerprint density at radius 1 is 0.963 bits per heavy atom. The molecule has 2 aromatic heterocycles. The molecule has 0 fully saturated rings. The van der Waals surface area contributed by atoms with E-state index in [1.807, 2.05) is 30.3 Å². The fourth-order valence-corrected chi connectivity index (χ4v) is 2.85. The van der Waals surface area contributed by atoms with Gasteiger partial charge in [-0.3, -0.25) is 14.7 Å². The second kappa shape index (κ2) is 6.87. The van der Waals surface area contributed by atoms with E-state index in [9.17, 15) is 9.59 Å². The van der Waals surface area contributed by atoms with Crippen molar-refractivity contribution >= 4 is 11.0 Å². The number of rotatable bonds is 5. The van der Waals surface area contributed by atoms with E-state index in [4.69, 9.17) is 9.47 Å². The quantitative estimate of drug-likeness (QED) is 0.570. The zero-order valence-corrected chi connectivity index (χ0v) is 14.6. The van der Waals surface area contributed by atoms with Crippen LogP contribution in [0.2, 0.25) is 0 Å². The van der Waals surface area contributed by atoms with Crippen LogP contribution in [-0.4, -0.2) is 21.9 Å². The van der Waals surface area contributed by atoms with Gasteiger partial charge in [-0.05, 0) is 36.4 Å². The lowest BCUT2D eigenvalue weighted by Crippen LogP contribution is -2.18. The lowest BCUT2D eigenvalue weighted by molar-refractivity contribution is 0.301. The van der Waals surface area contributed by atoms with Gasteiger partial charge < -0.3 is 14.5 Å². The summed E-state index contributed by atoms with van der Waals surface area (Å²) in [4.78, 5) is 28.2. The molecule has 7 nitrogen and oxygen atoms in total. The predicted molar refractivity (Wildman–Crippen MR) is 102 cm³/mol. The summed E-state index contributed by atoms with van der Waals surface area (Å²) in [5, 5.41) is 3.03. The van der Waals surface area contributed by atoms with Gasteiger partial charge in [0.05, 0.1) is 18.5 Å². The highest BCUT2D eigenvalue weighted by molar-refractivity contribution is 5.74. The molecule has 0 atom stereocenters. The maximum Gasteiger partial charge on any atom is 0.284 e. The fourth-order valence-electron chi connectivity index (χ4n) is 2.85. The Kier molecular flexibility index (Phi) is 4.25. The second-order valence-corrected chi connectivity index (χ2v) is 5.96. The minimum Gasteiger partial charge on any atom is -0.497 e. The topological polar surface area (TPSA) is 89.1 Å². The van der Waals surface area contributed by atoms with Gasteiger partial charge in [-0.15, -0.1) is 0 Å². The highest BCUT2D eigenvalue weighted by Crippen LogP contribution is 2.15. The van der Waals surface area contributed by atoms with Crippen LogP contribution in [0.1, 0.15) is 5.69 Å². The van der Waals surface area contributed by atoms with Gasteiger partial charge in [0.2, 0.25) is 0 Å². The standard InChI is InChI=1S/C20H17N3O4/c1-26-15-9-7-14(8-10-15)23-20(25)18-17(24)11-13(21-19(18)22-23)12-27-16-5-3-2-4-6-16/h2-11H,12H2,1H3,(H2,21,22,24). The number of pyridine rings is 1. The Labute approximate surface area is 153 Å². The molecule has 0 aliphatic carbocycles. The molecular weight excluding hydrogens is 346 g/mol. The van der Waals surface area contributed by atoms with E-state index in [-0.39, 0.29) is 17.4 Å². The number of para-hydroxylation sites is 1. The molecule has 27 heavy (non-hydrogen) atoms. The van der Waals surface area contributed by atoms with E-state index in [0.717, 1.165) is 0 Å². The molecule has 136 valence electrons. The molecule has 7 heteroatoms. The number of fused-ring (bicyclic) bond motifs is 1. The van der Waals surface area contributed by atoms with E-state index in [1.54, 1.807) is 31.4 Å². The Morgan fingerprint density at radius 2 is 1.70 bits per heavy atom. The Hall–Kier alpha value is -3.74. The summed E-state index contributed by atoms with van der Waals surface area (Å²) in [5.74, 6) is 1.38. The van der Waals surface area contributed by atoms with Crippen molar-refractivity contribution in [2.45, 2.75) is 6.61 Å². The van der Waals surface area contributed by atoms with Gasteiger partial charge in [0, 0.05) is 6.07 Å². The molecule has 0 aliphatic heterocycles. The number of nitrogens with one attached hydrogen (secondary N) is 2. The zero-order chi connectivity index (χ0) is 18.8. The van der Waals surface area contributed by atoms with Crippen LogP contribution in [0.15, 0.2) is 70.3 Å². The molecule has 4 aromatic rings. The molecule has 0 radical (unpaired) electrons. The molecule has 0 aliphatic rings. The molecular formula is C20H17N3O4. The summed E-state index contributed by atoms with van der Waals surface area (Å²) in [5.41, 5.74) is 0.761. The Balaban J connectivity index is 1.70. The zero-order valence-electron chi connectivity index (χ0n) is 14.6. The van der Waals surface area contributed by atoms with Crippen LogP contribution in [0.25, 0.3) is 16.7 Å². The van der Waals surface area contributed by atoms with E-state index >= 15 is 0 Å². The first-order valence-electron chi connectivity index (χ1n) is 8.35. The lowest BCUT2D eigenvalue weighted by Gasteiger charge is -2.05. The normalized spacial score (nSPS) is 10.9. The number of nitrogens with zero attached hydrogens (tertiary/aromatic N) is 1. The first-order valence-corrected chi connectivity index (χ1v) is 8.35. The molecule has 0 spiro atoms. The van der Waals surface area contributed by atoms with E-state index in [2.05, 4.69) is 10.1 Å². The van der Waals surface area contributed by atoms with E-state index in [0.29, 0.717) is 28.5 Å². The third-order valence-electron chi connectivity index (χ3n) is 4.20. The van der Waals surface area contributed by atoms with Gasteiger partial charge in [0.25, 0.3) is 5.56 Å². The summed E-state index contributed by atoms with van der Waals surface area (Å²) >= 11 is 0. The first-order chi connectivity index (χ1) is 13.2. The molecule has 2 aromatic carbocycles. The summed E-state index contributed by atoms with van der Waals surface area (Å²) in [6.07, 6.45) is 0. The largest absolute Gasteiger partial charge is 0.497 e. The highest BCUT2D eigenvalue weighted by Gasteiger charge is 2.13. The van der Waals surface area contributed by atoms with Gasteiger partial charge in [-0.25, -0.2) is 4.68 Å². The number of benzene rings is 2. The highest BCUT2D eigenvalue weighted by atomic mass is 16.5. The van der Waals surface area contributed by atoms with Crippen molar-refractivity contribution in [1.82, 2.24) is 14.8 Å². The molecule has 0 saturated heterocycles. The van der Waals surface area contributed by atoms with E-state index in [1.165, 1.54) is 10.7 Å². The minimum atomic E-state index is -0.410. The molecule has 0 unspecified atom stereocenters. The average Bonchev–Trinajstić information content (AvgIpc) is 3.04. The monoisotopic (exact) mass is 363 g/mol. The average molecular weight is 363 g/mol. The number of methoxy groups -OCH3 is 1. The lowest BCUT2D eigenvalue weighted by atomic mass is 10.3. The SMILES string of the molecule is COc1ccc(-n2[nH]c3[nH]c(COc4ccccc4)cc(=O)c3c2=O)cc1. The summed E-state index contributed by atoms with van der Waals surface area (Å²) in [6, 6.07) is 17.6. The van der Waals surface area contributed by atoms with Crippen molar-refractivity contribution in [3.8, 4) is 17.2 Å². The van der Waals surface area contributed by atoms with Crippen molar-refractivity contribution in [1.29, 1.82) is 0 Å². The third-order valence-corrected chi connectivity index (χ3v) is 4.20. The summed E-state index contributed by atoms with van der Waals surface area (Å²) < 4.78 is 12.1. The van der Waals surface area contributed by atoms with E-state index < -0.39 is 5.56 Å². The first kappa shape index (κ1) is 16.7. The second-order valence-electron chi connectivity index (χ2n) is 5.96. The molecule has 4 rings (SSSR count). The maximum absolute atomic E-state index is 12.6. The van der Waals surface area contributed by atoms with Gasteiger partial charge in [-0.1, -0.05) is 18.2 Å². The van der Waals surface area contributed by atoms with Crippen molar-refractivity contribution in [3.63, 3.8) is 0 Å². The Bertz CT molecular complexity index is 1190. The van der Waals surface area contributed by atoms with Crippen LogP contribution in [0, 0.1) is 0 Å². The van der Waals surface area contributed by atoms with Gasteiger partial charge in [0.15, 0.2) is 5.43 Å². The predicted octanol–water partition coefficient (Wildman–Crippen LogP) is 2.59. The van der Waals surface area contributed by atoms with Crippen LogP contribution in [0.4, 0.5) is 0 Å². The van der Waals surface area contributed by atoms with Gasteiger partial charge >= 0.3 is 0 Å². The number of ether oxygens (including phenoxy) is 2. The van der Waals surface area contributed by atoms with Gasteiger partial charge in [0.1, 0.15) is 29.1 Å². The molecule has 0 amide bonds. The number of aromatic amines is 2. The van der Waals surface area contributed by atoms with Crippen molar-refractivity contribution in [3.05, 3.63) is 86.9 Å². The smallest absolute Gasteiger partial charge is 0.284 e. The van der Waals surface area contributed by atoms with Crippen LogP contribution in [0.3, 0.4) is 0 Å². The van der Waals surface area contributed by atoms with Crippen LogP contribution >= 0.6 is 0 Å². The van der Waals surface area contributed by atoms with Crippen molar-refractivity contribution in [2.24, 2.45) is 0 Å². The maximum atomic E-state index is 12.6. The van der Waals surface area contributed by atoms with Crippen molar-refractivity contribution in [2.75, 3.05) is 7.11 Å². The fraction of sp³-hybridized carbons (Fsp3) is 0.100. The van der Waals surface area contributed by atoms with Crippen molar-refractivity contribution < 1.29 is 9.47 Å². The molecule has 2 heterocycles. The number of H-pyrrole nitrogens is 2. The van der Waals surface area contributed by atoms with Crippen LogP contribution in [-0.2, 0) is 6.61 Å². The number of aromatic nitrogens is 3. The number of hydrogen-bond donors (Lipinski definition) is 2. The molecule has 0 bridgehead atoms. The minimum absolute atomic E-state index is 0.0780. The molecule has 2 N–H and O–H groups in total. The van der Waals surface area contributed by atoms with Gasteiger partial charge in [-0.2, -0.15) is 0 Å². The third kappa shape index (κ3) is 3.22. The summed E-state index contributed by atoms with van der Waals surface area (Å²) in [7, 11) is 1.57. The van der Waals surface area contributed by atoms with Crippen LogP contribution < -0.4 is 20.5 Å². The molecule has 0 saturated carbocycles. The summed E-state index contributed by atoms with van der Waals surface area (Å²) in [6.45, 7) is 0.185. The van der Waals surface area contributed by atoms with Crippen LogP contribution in [0.5, 0.6) is 11.5 Å².